The van der Waals surface area contributed by atoms with Crippen molar-refractivity contribution < 1.29 is 9.59 Å². The Bertz CT molecular complexity index is 923. The average molecular weight is 451 g/mol. The monoisotopic (exact) mass is 450 g/mol. The van der Waals surface area contributed by atoms with E-state index in [1.54, 1.807) is 0 Å². The first kappa shape index (κ1) is 24.8. The smallest absolute Gasteiger partial charge is 0.148 e. The first-order chi connectivity index (χ1) is 15.1. The summed E-state index contributed by atoms with van der Waals surface area (Å²) in [5.74, 6) is 0.816. The van der Waals surface area contributed by atoms with Crippen LogP contribution in [-0.4, -0.2) is 17.3 Å². The summed E-state index contributed by atoms with van der Waals surface area (Å²) in [5, 5.41) is 0. The second-order valence-electron chi connectivity index (χ2n) is 10.3. The van der Waals surface area contributed by atoms with Crippen LogP contribution in [-0.2, 0) is 27.8 Å². The Balaban J connectivity index is 1.64. The van der Waals surface area contributed by atoms with Crippen molar-refractivity contribution >= 4 is 23.3 Å². The van der Waals surface area contributed by atoms with Gasteiger partial charge in [0.25, 0.3) is 0 Å². The SMILES string of the molecule is CCc1cc(C)cc(CC)c1C1C(=O)CC(CCSc2ccc(C(C)(C)C)cc2)CC1=O. The maximum absolute atomic E-state index is 13.2. The van der Waals surface area contributed by atoms with Crippen molar-refractivity contribution in [3.63, 3.8) is 0 Å². The third-order valence-corrected chi connectivity index (χ3v) is 7.73. The van der Waals surface area contributed by atoms with Crippen LogP contribution >= 0.6 is 11.8 Å². The standard InChI is InChI=1S/C29H38O2S/c1-7-21-15-19(3)16-22(8-2)27(21)28-25(30)17-20(18-26(28)31)13-14-32-24-11-9-23(10-12-24)29(4,5)6/h9-12,15-16,20,28H,7-8,13-14,17-18H2,1-6H3. The number of carbonyl (C=O) groups is 2. The van der Waals surface area contributed by atoms with E-state index in [1.807, 2.05) is 11.8 Å². The third kappa shape index (κ3) is 5.73. The van der Waals surface area contributed by atoms with Crippen LogP contribution < -0.4 is 0 Å². The van der Waals surface area contributed by atoms with E-state index < -0.39 is 5.92 Å². The maximum Gasteiger partial charge on any atom is 0.148 e. The van der Waals surface area contributed by atoms with Crippen molar-refractivity contribution in [1.29, 1.82) is 0 Å². The molecule has 3 rings (SSSR count). The number of hydrogen-bond donors (Lipinski definition) is 0. The fourth-order valence-electron chi connectivity index (χ4n) is 4.89. The lowest BCUT2D eigenvalue weighted by atomic mass is 9.73. The van der Waals surface area contributed by atoms with Crippen LogP contribution in [0.15, 0.2) is 41.3 Å². The number of thioether (sulfide) groups is 1. The molecule has 1 saturated carbocycles. The lowest BCUT2D eigenvalue weighted by Crippen LogP contribution is -2.33. The zero-order valence-electron chi connectivity index (χ0n) is 20.6. The molecule has 0 saturated heterocycles. The van der Waals surface area contributed by atoms with Crippen molar-refractivity contribution in [2.45, 2.75) is 89.9 Å². The van der Waals surface area contributed by atoms with E-state index in [1.165, 1.54) is 27.1 Å². The molecule has 0 radical (unpaired) electrons. The van der Waals surface area contributed by atoms with Crippen LogP contribution in [0.25, 0.3) is 0 Å². The van der Waals surface area contributed by atoms with Gasteiger partial charge in [-0.05, 0) is 77.7 Å². The van der Waals surface area contributed by atoms with E-state index in [9.17, 15) is 9.59 Å². The minimum Gasteiger partial charge on any atom is -0.299 e. The Morgan fingerprint density at radius 3 is 1.91 bits per heavy atom. The van der Waals surface area contributed by atoms with E-state index in [0.29, 0.717) is 12.8 Å². The highest BCUT2D eigenvalue weighted by atomic mass is 32.2. The lowest BCUT2D eigenvalue weighted by molar-refractivity contribution is -0.133. The van der Waals surface area contributed by atoms with Gasteiger partial charge in [-0.15, -0.1) is 11.8 Å². The topological polar surface area (TPSA) is 34.1 Å². The van der Waals surface area contributed by atoms with Gasteiger partial charge in [-0.3, -0.25) is 9.59 Å². The fourth-order valence-corrected chi connectivity index (χ4v) is 5.90. The normalized spacial score (nSPS) is 19.4. The second kappa shape index (κ2) is 10.4. The first-order valence-electron chi connectivity index (χ1n) is 12.0. The zero-order chi connectivity index (χ0) is 23.5. The fraction of sp³-hybridized carbons (Fsp3) is 0.517. The molecule has 0 aliphatic heterocycles. The highest BCUT2D eigenvalue weighted by Crippen LogP contribution is 2.37. The molecule has 2 nitrogen and oxygen atoms in total. The molecule has 1 fully saturated rings. The van der Waals surface area contributed by atoms with E-state index >= 15 is 0 Å². The molecule has 0 unspecified atom stereocenters. The third-order valence-electron chi connectivity index (χ3n) is 6.69. The predicted molar refractivity (Wildman–Crippen MR) is 136 cm³/mol. The summed E-state index contributed by atoms with van der Waals surface area (Å²) >= 11 is 1.82. The molecular formula is C29H38O2S. The van der Waals surface area contributed by atoms with Gasteiger partial charge in [-0.25, -0.2) is 0 Å². The summed E-state index contributed by atoms with van der Waals surface area (Å²) in [4.78, 5) is 27.6. The minimum atomic E-state index is -0.547. The number of Topliss-reactive ketones (excluding diaryl/α,β-unsaturated/α-hetero) is 2. The number of ketones is 2. The average Bonchev–Trinajstić information content (AvgIpc) is 2.73. The molecule has 32 heavy (non-hydrogen) atoms. The van der Waals surface area contributed by atoms with Gasteiger partial charge >= 0.3 is 0 Å². The number of rotatable bonds is 7. The van der Waals surface area contributed by atoms with Gasteiger partial charge in [0.1, 0.15) is 17.5 Å². The van der Waals surface area contributed by atoms with Crippen molar-refractivity contribution in [3.05, 3.63) is 64.2 Å². The van der Waals surface area contributed by atoms with Crippen LogP contribution in [0.2, 0.25) is 0 Å². The zero-order valence-corrected chi connectivity index (χ0v) is 21.4. The lowest BCUT2D eigenvalue weighted by Gasteiger charge is -2.29. The van der Waals surface area contributed by atoms with Crippen molar-refractivity contribution in [1.82, 2.24) is 0 Å². The maximum atomic E-state index is 13.2. The number of aryl methyl sites for hydroxylation is 3. The van der Waals surface area contributed by atoms with E-state index in [-0.39, 0.29) is 22.9 Å². The molecule has 3 heteroatoms. The molecule has 0 N–H and O–H groups in total. The molecule has 2 aromatic rings. The summed E-state index contributed by atoms with van der Waals surface area (Å²) < 4.78 is 0. The Labute approximate surface area is 198 Å². The van der Waals surface area contributed by atoms with Crippen LogP contribution in [0.5, 0.6) is 0 Å². The van der Waals surface area contributed by atoms with E-state index in [2.05, 4.69) is 77.9 Å². The first-order valence-corrected chi connectivity index (χ1v) is 13.0. The molecule has 172 valence electrons. The summed E-state index contributed by atoms with van der Waals surface area (Å²) in [5.41, 5.74) is 6.06. The molecule has 0 spiro atoms. The number of hydrogen-bond acceptors (Lipinski definition) is 3. The molecule has 2 aromatic carbocycles. The molecule has 0 amide bonds. The highest BCUT2D eigenvalue weighted by molar-refractivity contribution is 7.99. The van der Waals surface area contributed by atoms with Gasteiger partial charge in [0.2, 0.25) is 0 Å². The predicted octanol–water partition coefficient (Wildman–Crippen LogP) is 7.23. The van der Waals surface area contributed by atoms with E-state index in [0.717, 1.165) is 30.6 Å². The van der Waals surface area contributed by atoms with Crippen molar-refractivity contribution in [2.75, 3.05) is 5.75 Å². The van der Waals surface area contributed by atoms with Crippen LogP contribution in [0.3, 0.4) is 0 Å². The Morgan fingerprint density at radius 2 is 1.44 bits per heavy atom. The van der Waals surface area contributed by atoms with Crippen LogP contribution in [0.1, 0.15) is 87.6 Å². The van der Waals surface area contributed by atoms with Gasteiger partial charge in [-0.2, -0.15) is 0 Å². The van der Waals surface area contributed by atoms with Gasteiger partial charge in [0, 0.05) is 17.7 Å². The Morgan fingerprint density at radius 1 is 0.906 bits per heavy atom. The second-order valence-corrected chi connectivity index (χ2v) is 11.4. The number of carbonyl (C=O) groups excluding carboxylic acids is 2. The largest absolute Gasteiger partial charge is 0.299 e. The Kier molecular flexibility index (Phi) is 8.03. The van der Waals surface area contributed by atoms with Crippen LogP contribution in [0, 0.1) is 12.8 Å². The molecule has 1 aliphatic carbocycles. The van der Waals surface area contributed by atoms with Gasteiger partial charge in [-0.1, -0.05) is 64.4 Å². The summed E-state index contributed by atoms with van der Waals surface area (Å²) in [6.45, 7) is 13.0. The molecule has 0 aromatic heterocycles. The van der Waals surface area contributed by atoms with Gasteiger partial charge in [0.05, 0.1) is 0 Å². The van der Waals surface area contributed by atoms with E-state index in [4.69, 9.17) is 0 Å². The minimum absolute atomic E-state index is 0.124. The van der Waals surface area contributed by atoms with Gasteiger partial charge in [0.15, 0.2) is 0 Å². The quantitative estimate of drug-likeness (QED) is 0.329. The molecule has 1 aliphatic rings. The summed E-state index contributed by atoms with van der Waals surface area (Å²) in [6, 6.07) is 13.1. The molecule has 0 heterocycles. The van der Waals surface area contributed by atoms with Crippen LogP contribution in [0.4, 0.5) is 0 Å². The van der Waals surface area contributed by atoms with Crippen molar-refractivity contribution in [3.8, 4) is 0 Å². The summed E-state index contributed by atoms with van der Waals surface area (Å²) in [7, 11) is 0. The highest BCUT2D eigenvalue weighted by Gasteiger charge is 2.38. The molecular weight excluding hydrogens is 412 g/mol. The molecule has 0 bridgehead atoms. The van der Waals surface area contributed by atoms with Gasteiger partial charge < -0.3 is 0 Å². The summed E-state index contributed by atoms with van der Waals surface area (Å²) in [6.07, 6.45) is 3.68. The molecule has 0 atom stereocenters. The van der Waals surface area contributed by atoms with Crippen molar-refractivity contribution in [2.24, 2.45) is 5.92 Å². The Hall–Kier alpha value is -1.87. The number of benzene rings is 2.